The van der Waals surface area contributed by atoms with E-state index < -0.39 is 24.8 Å². The Hall–Kier alpha value is -0.790. The average Bonchev–Trinajstić information content (AvgIpc) is 2.74. The van der Waals surface area contributed by atoms with Crippen molar-refractivity contribution in [1.29, 1.82) is 0 Å². The van der Waals surface area contributed by atoms with Crippen molar-refractivity contribution < 1.29 is 23.4 Å². The van der Waals surface area contributed by atoms with Crippen LogP contribution in [0.25, 0.3) is 0 Å². The van der Waals surface area contributed by atoms with E-state index in [0.717, 1.165) is 4.90 Å². The molecular weight excluding hydrogens is 234 g/mol. The van der Waals surface area contributed by atoms with Gasteiger partial charge in [0.2, 0.25) is 5.91 Å². The van der Waals surface area contributed by atoms with Gasteiger partial charge in [0.05, 0.1) is 32.3 Å². The Bertz CT molecular complexity index is 254. The normalized spacial score (nSPS) is 24.3. The lowest BCUT2D eigenvalue weighted by Gasteiger charge is -2.26. The highest BCUT2D eigenvalue weighted by molar-refractivity contribution is 5.80. The van der Waals surface area contributed by atoms with E-state index in [0.29, 0.717) is 6.61 Å². The minimum absolute atomic E-state index is 0.0733. The summed E-state index contributed by atoms with van der Waals surface area (Å²) >= 11 is 0. The standard InChI is InChI=1S/C10H18F2N2O3/c1-13-8-6-17-5-7(8)10(16)14(2-3-15)4-9(11)12/h7-9,13,15H,2-6H2,1H3. The second-order valence-corrected chi connectivity index (χ2v) is 3.94. The Morgan fingerprint density at radius 3 is 2.82 bits per heavy atom. The van der Waals surface area contributed by atoms with Gasteiger partial charge in [0.15, 0.2) is 0 Å². The topological polar surface area (TPSA) is 61.8 Å². The van der Waals surface area contributed by atoms with Crippen LogP contribution in [0.2, 0.25) is 0 Å². The molecule has 2 N–H and O–H groups in total. The van der Waals surface area contributed by atoms with E-state index in [9.17, 15) is 13.6 Å². The fraction of sp³-hybridized carbons (Fsp3) is 0.900. The molecule has 7 heteroatoms. The molecule has 100 valence electrons. The monoisotopic (exact) mass is 252 g/mol. The van der Waals surface area contributed by atoms with Gasteiger partial charge >= 0.3 is 0 Å². The number of ether oxygens (including phenoxy) is 1. The third-order valence-corrected chi connectivity index (χ3v) is 2.81. The quantitative estimate of drug-likeness (QED) is 0.656. The van der Waals surface area contributed by atoms with Crippen LogP contribution in [0.1, 0.15) is 0 Å². The van der Waals surface area contributed by atoms with Gasteiger partial charge in [-0.25, -0.2) is 8.78 Å². The van der Waals surface area contributed by atoms with E-state index in [1.54, 1.807) is 7.05 Å². The lowest BCUT2D eigenvalue weighted by molar-refractivity contribution is -0.138. The molecule has 0 aromatic heterocycles. The Kier molecular flexibility index (Phi) is 5.73. The zero-order valence-corrected chi connectivity index (χ0v) is 9.73. The van der Waals surface area contributed by atoms with Crippen LogP contribution in [0.5, 0.6) is 0 Å². The van der Waals surface area contributed by atoms with Gasteiger partial charge in [0.25, 0.3) is 6.43 Å². The Balaban J connectivity index is 2.62. The number of aliphatic hydroxyl groups is 1. The van der Waals surface area contributed by atoms with Gasteiger partial charge in [0, 0.05) is 12.6 Å². The number of amides is 1. The molecule has 1 aliphatic rings. The van der Waals surface area contributed by atoms with Crippen LogP contribution >= 0.6 is 0 Å². The van der Waals surface area contributed by atoms with E-state index in [2.05, 4.69) is 5.32 Å². The summed E-state index contributed by atoms with van der Waals surface area (Å²) in [5, 5.41) is 11.7. The number of hydrogen-bond donors (Lipinski definition) is 2. The lowest BCUT2D eigenvalue weighted by Crippen LogP contribution is -2.47. The van der Waals surface area contributed by atoms with Gasteiger partial charge in [-0.2, -0.15) is 0 Å². The highest BCUT2D eigenvalue weighted by atomic mass is 19.3. The maximum Gasteiger partial charge on any atom is 0.255 e. The Morgan fingerprint density at radius 2 is 2.29 bits per heavy atom. The maximum absolute atomic E-state index is 12.3. The minimum atomic E-state index is -2.60. The van der Waals surface area contributed by atoms with Gasteiger partial charge in [-0.05, 0) is 7.05 Å². The van der Waals surface area contributed by atoms with E-state index in [-0.39, 0.29) is 25.8 Å². The number of carbonyl (C=O) groups excluding carboxylic acids is 1. The average molecular weight is 252 g/mol. The van der Waals surface area contributed by atoms with Crippen molar-refractivity contribution in [2.75, 3.05) is 40.0 Å². The number of alkyl halides is 2. The summed E-state index contributed by atoms with van der Waals surface area (Å²) in [5.41, 5.74) is 0. The van der Waals surface area contributed by atoms with E-state index in [1.165, 1.54) is 0 Å². The molecule has 1 fully saturated rings. The van der Waals surface area contributed by atoms with Crippen LogP contribution in [0.15, 0.2) is 0 Å². The zero-order chi connectivity index (χ0) is 12.8. The van der Waals surface area contributed by atoms with Crippen molar-refractivity contribution in [1.82, 2.24) is 10.2 Å². The molecule has 2 unspecified atom stereocenters. The van der Waals surface area contributed by atoms with Crippen molar-refractivity contribution in [2.24, 2.45) is 5.92 Å². The first-order valence-corrected chi connectivity index (χ1v) is 5.53. The summed E-state index contributed by atoms with van der Waals surface area (Å²) in [4.78, 5) is 13.0. The lowest BCUT2D eigenvalue weighted by atomic mass is 10.0. The molecule has 1 aliphatic heterocycles. The summed E-state index contributed by atoms with van der Waals surface area (Å²) in [6.07, 6.45) is -2.60. The first-order valence-electron chi connectivity index (χ1n) is 5.53. The van der Waals surface area contributed by atoms with Crippen LogP contribution in [0, 0.1) is 5.92 Å². The maximum atomic E-state index is 12.3. The summed E-state index contributed by atoms with van der Waals surface area (Å²) < 4.78 is 29.8. The molecule has 1 rings (SSSR count). The molecule has 0 radical (unpaired) electrons. The van der Waals surface area contributed by atoms with Crippen molar-refractivity contribution >= 4 is 5.91 Å². The molecule has 17 heavy (non-hydrogen) atoms. The van der Waals surface area contributed by atoms with Crippen LogP contribution in [0.4, 0.5) is 8.78 Å². The second kappa shape index (κ2) is 6.83. The number of nitrogens with one attached hydrogen (secondary N) is 1. The molecule has 0 saturated carbocycles. The highest BCUT2D eigenvalue weighted by Gasteiger charge is 2.36. The highest BCUT2D eigenvalue weighted by Crippen LogP contribution is 2.17. The van der Waals surface area contributed by atoms with Crippen LogP contribution in [0.3, 0.4) is 0 Å². The summed E-state index contributed by atoms with van der Waals surface area (Å²) in [5.74, 6) is -0.846. The van der Waals surface area contributed by atoms with Gasteiger partial charge in [-0.15, -0.1) is 0 Å². The van der Waals surface area contributed by atoms with Gasteiger partial charge in [-0.3, -0.25) is 4.79 Å². The number of aliphatic hydroxyl groups excluding tert-OH is 1. The number of halogens is 2. The molecule has 0 spiro atoms. The number of likely N-dealkylation sites (N-methyl/N-ethyl adjacent to an activating group) is 1. The van der Waals surface area contributed by atoms with Gasteiger partial charge in [0.1, 0.15) is 0 Å². The van der Waals surface area contributed by atoms with Gasteiger partial charge < -0.3 is 20.1 Å². The molecule has 0 aliphatic carbocycles. The summed E-state index contributed by atoms with van der Waals surface area (Å²) in [6, 6.07) is -0.152. The van der Waals surface area contributed by atoms with Crippen molar-refractivity contribution in [3.8, 4) is 0 Å². The summed E-state index contributed by atoms with van der Waals surface area (Å²) in [6.45, 7) is -0.414. The van der Waals surface area contributed by atoms with E-state index in [4.69, 9.17) is 9.84 Å². The summed E-state index contributed by atoms with van der Waals surface area (Å²) in [7, 11) is 1.70. The Labute approximate surface area is 98.7 Å². The smallest absolute Gasteiger partial charge is 0.255 e. The first kappa shape index (κ1) is 14.3. The predicted octanol–water partition coefficient (Wildman–Crippen LogP) is -0.693. The van der Waals surface area contributed by atoms with Crippen LogP contribution < -0.4 is 5.32 Å². The second-order valence-electron chi connectivity index (χ2n) is 3.94. The Morgan fingerprint density at radius 1 is 1.59 bits per heavy atom. The number of carbonyl (C=O) groups is 1. The van der Waals surface area contributed by atoms with Crippen LogP contribution in [-0.4, -0.2) is 68.3 Å². The van der Waals surface area contributed by atoms with Crippen molar-refractivity contribution in [3.05, 3.63) is 0 Å². The first-order chi connectivity index (χ1) is 8.10. The molecule has 2 atom stereocenters. The molecule has 5 nitrogen and oxygen atoms in total. The molecule has 1 saturated heterocycles. The predicted molar refractivity (Wildman–Crippen MR) is 56.8 cm³/mol. The van der Waals surface area contributed by atoms with Crippen molar-refractivity contribution in [3.63, 3.8) is 0 Å². The zero-order valence-electron chi connectivity index (χ0n) is 9.73. The SMILES string of the molecule is CNC1COCC1C(=O)N(CCO)CC(F)F. The molecule has 0 aromatic carbocycles. The van der Waals surface area contributed by atoms with Crippen LogP contribution in [-0.2, 0) is 9.53 Å². The largest absolute Gasteiger partial charge is 0.395 e. The molecule has 0 bridgehead atoms. The van der Waals surface area contributed by atoms with Gasteiger partial charge in [-0.1, -0.05) is 0 Å². The van der Waals surface area contributed by atoms with Crippen molar-refractivity contribution in [2.45, 2.75) is 12.5 Å². The molecule has 0 aromatic rings. The number of rotatable bonds is 6. The molecule has 1 amide bonds. The fourth-order valence-corrected chi connectivity index (χ4v) is 1.90. The molecule has 1 heterocycles. The number of nitrogens with zero attached hydrogens (tertiary/aromatic N) is 1. The third kappa shape index (κ3) is 3.86. The molecular formula is C10H18F2N2O3. The van der Waals surface area contributed by atoms with E-state index >= 15 is 0 Å². The third-order valence-electron chi connectivity index (χ3n) is 2.81. The van der Waals surface area contributed by atoms with E-state index in [1.807, 2.05) is 0 Å². The number of hydrogen-bond acceptors (Lipinski definition) is 4. The fourth-order valence-electron chi connectivity index (χ4n) is 1.90. The minimum Gasteiger partial charge on any atom is -0.395 e.